The van der Waals surface area contributed by atoms with E-state index in [9.17, 15) is 4.79 Å². The van der Waals surface area contributed by atoms with Gasteiger partial charge in [0.2, 0.25) is 0 Å². The minimum atomic E-state index is -0.187. The zero-order chi connectivity index (χ0) is 15.9. The van der Waals surface area contributed by atoms with Gasteiger partial charge in [-0.15, -0.1) is 0 Å². The van der Waals surface area contributed by atoms with E-state index in [2.05, 4.69) is 0 Å². The van der Waals surface area contributed by atoms with E-state index in [-0.39, 0.29) is 11.9 Å². The Morgan fingerprint density at radius 3 is 2.52 bits per heavy atom. The van der Waals surface area contributed by atoms with Gasteiger partial charge in [-0.2, -0.15) is 0 Å². The number of rotatable bonds is 5. The first-order chi connectivity index (χ1) is 11.3. The Bertz CT molecular complexity index is 633. The van der Waals surface area contributed by atoms with Crippen molar-refractivity contribution in [3.8, 4) is 11.5 Å². The first-order valence-corrected chi connectivity index (χ1v) is 7.87. The third-order valence-corrected chi connectivity index (χ3v) is 3.83. The van der Waals surface area contributed by atoms with Crippen LogP contribution in [0.2, 0.25) is 0 Å². The second-order valence-electron chi connectivity index (χ2n) is 5.56. The van der Waals surface area contributed by atoms with Crippen LogP contribution in [-0.4, -0.2) is 19.2 Å². The molecule has 0 amide bonds. The van der Waals surface area contributed by atoms with Gasteiger partial charge in [0.15, 0.2) is 0 Å². The van der Waals surface area contributed by atoms with Gasteiger partial charge in [0.25, 0.3) is 0 Å². The molecule has 23 heavy (non-hydrogen) atoms. The molecule has 1 aliphatic heterocycles. The monoisotopic (exact) mass is 312 g/mol. The second kappa shape index (κ2) is 7.79. The molecule has 0 aliphatic carbocycles. The molecule has 1 aliphatic rings. The van der Waals surface area contributed by atoms with Crippen molar-refractivity contribution in [3.63, 3.8) is 0 Å². The summed E-state index contributed by atoms with van der Waals surface area (Å²) in [6, 6.07) is 17.1. The maximum atomic E-state index is 12.1. The number of carbonyl (C=O) groups is 1. The molecule has 0 N–H and O–H groups in total. The van der Waals surface area contributed by atoms with Crippen molar-refractivity contribution in [3.05, 3.63) is 60.2 Å². The number of esters is 1. The van der Waals surface area contributed by atoms with Crippen molar-refractivity contribution >= 4 is 5.97 Å². The molecule has 0 radical (unpaired) electrons. The van der Waals surface area contributed by atoms with Crippen molar-refractivity contribution in [2.24, 2.45) is 5.92 Å². The quantitative estimate of drug-likeness (QED) is 0.625. The highest BCUT2D eigenvalue weighted by Crippen LogP contribution is 2.23. The summed E-state index contributed by atoms with van der Waals surface area (Å²) in [7, 11) is 0. The minimum Gasteiger partial charge on any atom is -0.489 e. The summed E-state index contributed by atoms with van der Waals surface area (Å²) in [5.74, 6) is 0.948. The van der Waals surface area contributed by atoms with E-state index < -0.39 is 0 Å². The maximum Gasteiger partial charge on any atom is 0.314 e. The molecular formula is C19H20O4. The van der Waals surface area contributed by atoms with Crippen molar-refractivity contribution in [2.75, 3.05) is 13.2 Å². The van der Waals surface area contributed by atoms with Gasteiger partial charge in [-0.25, -0.2) is 0 Å². The molecule has 2 aromatic rings. The fraction of sp³-hybridized carbons (Fsp3) is 0.316. The molecular weight excluding hydrogens is 292 g/mol. The normalized spacial score (nSPS) is 15.1. The lowest BCUT2D eigenvalue weighted by Crippen LogP contribution is -2.27. The Morgan fingerprint density at radius 2 is 1.74 bits per heavy atom. The van der Waals surface area contributed by atoms with Crippen molar-refractivity contribution in [2.45, 2.75) is 19.4 Å². The molecule has 2 aromatic carbocycles. The fourth-order valence-electron chi connectivity index (χ4n) is 2.50. The topological polar surface area (TPSA) is 44.8 Å². The van der Waals surface area contributed by atoms with Crippen LogP contribution < -0.4 is 9.47 Å². The first kappa shape index (κ1) is 15.6. The summed E-state index contributed by atoms with van der Waals surface area (Å²) in [5, 5.41) is 0. The number of carbonyl (C=O) groups excluding carboxylic acids is 1. The highest BCUT2D eigenvalue weighted by molar-refractivity contribution is 5.75. The van der Waals surface area contributed by atoms with Crippen molar-refractivity contribution in [1.82, 2.24) is 0 Å². The number of hydrogen-bond donors (Lipinski definition) is 0. The van der Waals surface area contributed by atoms with E-state index >= 15 is 0 Å². The Kier molecular flexibility index (Phi) is 5.27. The van der Waals surface area contributed by atoms with Crippen LogP contribution in [0, 0.1) is 5.92 Å². The Hall–Kier alpha value is -2.33. The molecule has 0 atom stereocenters. The van der Waals surface area contributed by atoms with Crippen LogP contribution in [0.5, 0.6) is 11.5 Å². The van der Waals surface area contributed by atoms with Crippen LogP contribution in [0.3, 0.4) is 0 Å². The summed E-state index contributed by atoms with van der Waals surface area (Å²) in [6.07, 6.45) is 1.45. The molecule has 4 heteroatoms. The van der Waals surface area contributed by atoms with Crippen molar-refractivity contribution < 1.29 is 19.0 Å². The Labute approximate surface area is 136 Å². The van der Waals surface area contributed by atoms with Gasteiger partial charge in [0, 0.05) is 19.3 Å². The smallest absolute Gasteiger partial charge is 0.314 e. The summed E-state index contributed by atoms with van der Waals surface area (Å²) >= 11 is 0. The Balaban J connectivity index is 1.57. The molecule has 0 bridgehead atoms. The third kappa shape index (κ3) is 4.57. The summed E-state index contributed by atoms with van der Waals surface area (Å²) in [5.41, 5.74) is 1.09. The molecule has 0 aromatic heterocycles. The molecule has 0 unspecified atom stereocenters. The van der Waals surface area contributed by atoms with Gasteiger partial charge in [0.05, 0.1) is 5.92 Å². The minimum absolute atomic E-state index is 0.0716. The van der Waals surface area contributed by atoms with Gasteiger partial charge in [-0.05, 0) is 30.5 Å². The molecule has 1 heterocycles. The maximum absolute atomic E-state index is 12.1. The van der Waals surface area contributed by atoms with E-state index in [0.717, 1.165) is 18.4 Å². The standard InChI is InChI=1S/C19H20O4/c20-19(16-9-11-21-12-10-16)23-18-8-4-7-17(13-18)22-14-15-5-2-1-3-6-15/h1-8,13,16H,9-12,14H2. The van der Waals surface area contributed by atoms with Crippen LogP contribution in [0.4, 0.5) is 0 Å². The molecule has 0 spiro atoms. The summed E-state index contributed by atoms with van der Waals surface area (Å²) in [6.45, 7) is 1.73. The zero-order valence-electron chi connectivity index (χ0n) is 12.9. The van der Waals surface area contributed by atoms with Gasteiger partial charge < -0.3 is 14.2 Å². The SMILES string of the molecule is O=C(Oc1cccc(OCc2ccccc2)c1)C1CCOCC1. The number of hydrogen-bond acceptors (Lipinski definition) is 4. The fourth-order valence-corrected chi connectivity index (χ4v) is 2.50. The first-order valence-electron chi connectivity index (χ1n) is 7.87. The zero-order valence-corrected chi connectivity index (χ0v) is 12.9. The molecule has 4 nitrogen and oxygen atoms in total. The van der Waals surface area contributed by atoms with Gasteiger partial charge in [-0.1, -0.05) is 36.4 Å². The third-order valence-electron chi connectivity index (χ3n) is 3.83. The summed E-state index contributed by atoms with van der Waals surface area (Å²) in [4.78, 5) is 12.1. The number of ether oxygens (including phenoxy) is 3. The van der Waals surface area contributed by atoms with E-state index in [1.807, 2.05) is 42.5 Å². The molecule has 0 saturated carbocycles. The lowest BCUT2D eigenvalue weighted by Gasteiger charge is -2.20. The predicted octanol–water partition coefficient (Wildman–Crippen LogP) is 3.60. The van der Waals surface area contributed by atoms with E-state index in [1.165, 1.54) is 0 Å². The van der Waals surface area contributed by atoms with Crippen molar-refractivity contribution in [1.29, 1.82) is 0 Å². The van der Waals surface area contributed by atoms with Gasteiger partial charge >= 0.3 is 5.97 Å². The second-order valence-corrected chi connectivity index (χ2v) is 5.56. The highest BCUT2D eigenvalue weighted by Gasteiger charge is 2.23. The van der Waals surface area contributed by atoms with Gasteiger partial charge in [0.1, 0.15) is 18.1 Å². The highest BCUT2D eigenvalue weighted by atomic mass is 16.5. The molecule has 120 valence electrons. The van der Waals surface area contributed by atoms with Crippen LogP contribution in [0.25, 0.3) is 0 Å². The van der Waals surface area contributed by atoms with Crippen LogP contribution in [0.1, 0.15) is 18.4 Å². The van der Waals surface area contributed by atoms with E-state index in [0.29, 0.717) is 31.3 Å². The van der Waals surface area contributed by atoms with E-state index in [4.69, 9.17) is 14.2 Å². The largest absolute Gasteiger partial charge is 0.489 e. The van der Waals surface area contributed by atoms with Crippen LogP contribution in [-0.2, 0) is 16.1 Å². The van der Waals surface area contributed by atoms with Crippen LogP contribution in [0.15, 0.2) is 54.6 Å². The lowest BCUT2D eigenvalue weighted by atomic mass is 10.0. The van der Waals surface area contributed by atoms with Gasteiger partial charge in [-0.3, -0.25) is 4.79 Å². The Morgan fingerprint density at radius 1 is 1.00 bits per heavy atom. The number of benzene rings is 2. The average molecular weight is 312 g/mol. The van der Waals surface area contributed by atoms with E-state index in [1.54, 1.807) is 12.1 Å². The molecule has 1 saturated heterocycles. The molecule has 1 fully saturated rings. The average Bonchev–Trinajstić information content (AvgIpc) is 2.62. The van der Waals surface area contributed by atoms with Crippen LogP contribution >= 0.6 is 0 Å². The summed E-state index contributed by atoms with van der Waals surface area (Å²) < 4.78 is 16.5. The molecule has 3 rings (SSSR count). The lowest BCUT2D eigenvalue weighted by molar-refractivity contribution is -0.142. The predicted molar refractivity (Wildman–Crippen MR) is 86.4 cm³/mol.